The number of fused-ring (bicyclic) bond motifs is 7. The second-order valence-electron chi connectivity index (χ2n) is 14.4. The Hall–Kier alpha value is -0.590. The van der Waals surface area contributed by atoms with Crippen molar-refractivity contribution in [3.05, 3.63) is 11.6 Å². The van der Waals surface area contributed by atoms with Crippen molar-refractivity contribution in [3.8, 4) is 0 Å². The van der Waals surface area contributed by atoms with Gasteiger partial charge in [0.05, 0.1) is 0 Å². The number of hydrogen-bond donors (Lipinski definition) is 0. The molecule has 5 aliphatic rings. The summed E-state index contributed by atoms with van der Waals surface area (Å²) in [6, 6.07) is 0. The lowest BCUT2D eigenvalue weighted by molar-refractivity contribution is -0.185. The molecule has 4 fully saturated rings. The molecule has 0 aliphatic heterocycles. The van der Waals surface area contributed by atoms with Crippen LogP contribution in [-0.4, -0.2) is 5.78 Å². The molecule has 0 aromatic carbocycles. The molecule has 0 bridgehead atoms. The molecule has 9 atom stereocenters. The zero-order valence-electron chi connectivity index (χ0n) is 21.7. The first-order chi connectivity index (χ1) is 14.3. The molecule has 5 aliphatic carbocycles. The molecule has 31 heavy (non-hydrogen) atoms. The van der Waals surface area contributed by atoms with Gasteiger partial charge < -0.3 is 0 Å². The van der Waals surface area contributed by atoms with Crippen LogP contribution in [0.5, 0.6) is 0 Å². The average molecular weight is 425 g/mol. The molecule has 0 spiro atoms. The predicted octanol–water partition coefficient (Wildman–Crippen LogP) is 8.23. The largest absolute Gasteiger partial charge is 0.299 e. The maximum atomic E-state index is 12.9. The third kappa shape index (κ3) is 2.59. The monoisotopic (exact) mass is 424 g/mol. The van der Waals surface area contributed by atoms with Crippen LogP contribution in [-0.2, 0) is 4.79 Å². The van der Waals surface area contributed by atoms with Gasteiger partial charge in [-0.15, -0.1) is 0 Å². The van der Waals surface area contributed by atoms with E-state index < -0.39 is 0 Å². The van der Waals surface area contributed by atoms with Gasteiger partial charge in [0.1, 0.15) is 5.78 Å². The SMILES string of the molecule is C[C@H]1[C@H](C)CC[C@]2(C)CC[C@]3(C)C(=CC[C@@H]4[C@@]5(C)CCC(=O)C(C)(C)[C@H]5CC[C@]43C)[C@H]12. The average Bonchev–Trinajstić information content (AvgIpc) is 2.69. The summed E-state index contributed by atoms with van der Waals surface area (Å²) in [7, 11) is 0. The molecule has 0 saturated heterocycles. The Morgan fingerprint density at radius 1 is 0.839 bits per heavy atom. The van der Waals surface area contributed by atoms with Gasteiger partial charge in [-0.3, -0.25) is 4.79 Å². The molecule has 0 radical (unpaired) electrons. The summed E-state index contributed by atoms with van der Waals surface area (Å²) in [5, 5.41) is 0. The van der Waals surface area contributed by atoms with Crippen LogP contribution in [0.4, 0.5) is 0 Å². The van der Waals surface area contributed by atoms with Crippen LogP contribution in [0.2, 0.25) is 0 Å². The summed E-state index contributed by atoms with van der Waals surface area (Å²) < 4.78 is 0. The van der Waals surface area contributed by atoms with Crippen LogP contribution in [0.25, 0.3) is 0 Å². The van der Waals surface area contributed by atoms with Crippen molar-refractivity contribution >= 4 is 5.78 Å². The minimum absolute atomic E-state index is 0.141. The molecule has 0 heterocycles. The third-order valence-electron chi connectivity index (χ3n) is 13.1. The Kier molecular flexibility index (Phi) is 4.66. The lowest BCUT2D eigenvalue weighted by atomic mass is 9.33. The molecule has 0 unspecified atom stereocenters. The number of allylic oxidation sites excluding steroid dienone is 2. The zero-order valence-corrected chi connectivity index (χ0v) is 21.7. The Morgan fingerprint density at radius 3 is 2.26 bits per heavy atom. The van der Waals surface area contributed by atoms with E-state index in [4.69, 9.17) is 0 Å². The summed E-state index contributed by atoms with van der Waals surface area (Å²) in [4.78, 5) is 12.9. The van der Waals surface area contributed by atoms with Gasteiger partial charge in [-0.1, -0.05) is 67.0 Å². The van der Waals surface area contributed by atoms with Gasteiger partial charge in [0.15, 0.2) is 0 Å². The second-order valence-corrected chi connectivity index (χ2v) is 14.4. The van der Waals surface area contributed by atoms with Crippen LogP contribution in [0, 0.1) is 56.7 Å². The van der Waals surface area contributed by atoms with E-state index >= 15 is 0 Å². The van der Waals surface area contributed by atoms with Crippen LogP contribution in [0.1, 0.15) is 113 Å². The minimum atomic E-state index is -0.141. The predicted molar refractivity (Wildman–Crippen MR) is 130 cm³/mol. The summed E-state index contributed by atoms with van der Waals surface area (Å²) >= 11 is 0. The molecular formula is C30H48O. The molecule has 1 heteroatoms. The van der Waals surface area contributed by atoms with Gasteiger partial charge in [0.25, 0.3) is 0 Å². The number of Topliss-reactive ketones (excluding diaryl/α,β-unsaturated/α-hetero) is 1. The fraction of sp³-hybridized carbons (Fsp3) is 0.900. The van der Waals surface area contributed by atoms with E-state index in [1.54, 1.807) is 0 Å². The quantitative estimate of drug-likeness (QED) is 0.358. The lowest BCUT2D eigenvalue weighted by Crippen LogP contribution is -2.64. The fourth-order valence-electron chi connectivity index (χ4n) is 10.7. The van der Waals surface area contributed by atoms with Crippen molar-refractivity contribution < 1.29 is 4.79 Å². The summed E-state index contributed by atoms with van der Waals surface area (Å²) in [5.74, 6) is 4.24. The van der Waals surface area contributed by atoms with Crippen molar-refractivity contribution in [2.45, 2.75) is 113 Å². The molecule has 0 aromatic rings. The topological polar surface area (TPSA) is 17.1 Å². The lowest BCUT2D eigenvalue weighted by Gasteiger charge is -2.71. The Bertz CT molecular complexity index is 820. The zero-order chi connectivity index (χ0) is 22.6. The van der Waals surface area contributed by atoms with Crippen molar-refractivity contribution in [3.63, 3.8) is 0 Å². The Morgan fingerprint density at radius 2 is 1.55 bits per heavy atom. The number of rotatable bonds is 0. The van der Waals surface area contributed by atoms with Crippen molar-refractivity contribution in [2.75, 3.05) is 0 Å². The normalized spacial score (nSPS) is 55.9. The van der Waals surface area contributed by atoms with Crippen molar-refractivity contribution in [2.24, 2.45) is 56.7 Å². The molecular weight excluding hydrogens is 376 g/mol. The van der Waals surface area contributed by atoms with Crippen molar-refractivity contribution in [1.29, 1.82) is 0 Å². The first-order valence-corrected chi connectivity index (χ1v) is 13.6. The minimum Gasteiger partial charge on any atom is -0.299 e. The highest BCUT2D eigenvalue weighted by molar-refractivity contribution is 5.85. The van der Waals surface area contributed by atoms with Crippen LogP contribution in [0.3, 0.4) is 0 Å². The van der Waals surface area contributed by atoms with Gasteiger partial charge in [-0.25, -0.2) is 0 Å². The summed E-state index contributed by atoms with van der Waals surface area (Å²) in [6.45, 7) is 20.2. The van der Waals surface area contributed by atoms with Gasteiger partial charge in [-0.2, -0.15) is 0 Å². The van der Waals surface area contributed by atoms with E-state index in [0.29, 0.717) is 33.4 Å². The highest BCUT2D eigenvalue weighted by Crippen LogP contribution is 2.75. The highest BCUT2D eigenvalue weighted by atomic mass is 16.1. The van der Waals surface area contributed by atoms with Gasteiger partial charge in [0.2, 0.25) is 0 Å². The molecule has 1 nitrogen and oxygen atoms in total. The van der Waals surface area contributed by atoms with Crippen LogP contribution >= 0.6 is 0 Å². The smallest absolute Gasteiger partial charge is 0.138 e. The van der Waals surface area contributed by atoms with Gasteiger partial charge in [-0.05, 0) is 103 Å². The molecule has 0 amide bonds. The van der Waals surface area contributed by atoms with Gasteiger partial charge >= 0.3 is 0 Å². The number of hydrogen-bond acceptors (Lipinski definition) is 1. The molecule has 4 saturated carbocycles. The fourth-order valence-corrected chi connectivity index (χ4v) is 10.7. The van der Waals surface area contributed by atoms with Crippen LogP contribution in [0.15, 0.2) is 11.6 Å². The van der Waals surface area contributed by atoms with E-state index in [1.165, 1.54) is 44.9 Å². The summed E-state index contributed by atoms with van der Waals surface area (Å²) in [5.41, 5.74) is 3.26. The molecule has 5 rings (SSSR count). The first kappa shape index (κ1) is 22.2. The number of ketones is 1. The maximum Gasteiger partial charge on any atom is 0.138 e. The Labute approximate surface area is 192 Å². The van der Waals surface area contributed by atoms with E-state index in [0.717, 1.165) is 36.5 Å². The molecule has 0 N–H and O–H groups in total. The van der Waals surface area contributed by atoms with Crippen molar-refractivity contribution in [1.82, 2.24) is 0 Å². The first-order valence-electron chi connectivity index (χ1n) is 13.6. The molecule has 174 valence electrons. The van der Waals surface area contributed by atoms with E-state index in [2.05, 4.69) is 61.5 Å². The van der Waals surface area contributed by atoms with E-state index in [-0.39, 0.29) is 5.41 Å². The molecule has 0 aromatic heterocycles. The Balaban J connectivity index is 1.60. The summed E-state index contributed by atoms with van der Waals surface area (Å²) in [6.07, 6.45) is 14.1. The second kappa shape index (κ2) is 6.50. The maximum absolute atomic E-state index is 12.9. The number of carbonyl (C=O) groups excluding carboxylic acids is 1. The van der Waals surface area contributed by atoms with Crippen LogP contribution < -0.4 is 0 Å². The standard InChI is InChI=1S/C30H48O/c1-19-11-14-27(5)17-18-29(7)21(25(27)20(19)2)9-10-23-28(6)15-13-24(31)26(3,4)22(28)12-16-30(23,29)8/h9,19-20,22-23,25H,10-18H2,1-8H3/t19-,20+,22-,23-,25+,27-,28+,29-,30-/m1/s1. The van der Waals surface area contributed by atoms with E-state index in [1.807, 2.05) is 5.57 Å². The number of carbonyl (C=O) groups is 1. The van der Waals surface area contributed by atoms with Gasteiger partial charge in [0, 0.05) is 11.8 Å². The third-order valence-corrected chi connectivity index (χ3v) is 13.1. The highest BCUT2D eigenvalue weighted by Gasteiger charge is 2.68. The van der Waals surface area contributed by atoms with E-state index in [9.17, 15) is 4.79 Å².